The van der Waals surface area contributed by atoms with Crippen LogP contribution in [0.1, 0.15) is 30.0 Å². The van der Waals surface area contributed by atoms with Gasteiger partial charge in [0.05, 0.1) is 17.7 Å². The first-order chi connectivity index (χ1) is 16.1. The lowest BCUT2D eigenvalue weighted by Gasteiger charge is -2.27. The molecule has 1 amide bonds. The zero-order valence-corrected chi connectivity index (χ0v) is 17.6. The van der Waals surface area contributed by atoms with Crippen LogP contribution in [0.4, 0.5) is 0 Å². The number of aliphatic hydroxyl groups excluding tert-OH is 1. The van der Waals surface area contributed by atoms with Gasteiger partial charge in [0.15, 0.2) is 23.0 Å². The molecule has 2 aromatic carbocycles. The fourth-order valence-electron chi connectivity index (χ4n) is 4.71. The highest BCUT2D eigenvalue weighted by Crippen LogP contribution is 2.44. The largest absolute Gasteiger partial charge is 0.507 e. The lowest BCUT2D eigenvalue weighted by Crippen LogP contribution is -2.36. The van der Waals surface area contributed by atoms with Gasteiger partial charge >= 0.3 is 0 Å². The summed E-state index contributed by atoms with van der Waals surface area (Å²) in [6.07, 6.45) is 1.55. The number of aliphatic hydroxyl groups is 1. The van der Waals surface area contributed by atoms with Crippen LogP contribution < -0.4 is 18.9 Å². The Balaban J connectivity index is 1.46. The van der Waals surface area contributed by atoms with Crippen molar-refractivity contribution in [3.05, 3.63) is 53.1 Å². The minimum absolute atomic E-state index is 0.00993. The van der Waals surface area contributed by atoms with E-state index in [1.165, 1.54) is 4.90 Å². The first kappa shape index (κ1) is 19.9. The number of rotatable bonds is 4. The molecule has 2 saturated heterocycles. The second-order valence-electron chi connectivity index (χ2n) is 8.27. The van der Waals surface area contributed by atoms with E-state index in [0.717, 1.165) is 12.8 Å². The Morgan fingerprint density at radius 1 is 0.939 bits per heavy atom. The molecule has 0 spiro atoms. The summed E-state index contributed by atoms with van der Waals surface area (Å²) < 4.78 is 27.4. The molecule has 170 valence electrons. The lowest BCUT2D eigenvalue weighted by molar-refractivity contribution is -0.140. The number of likely N-dealkylation sites (tertiary alicyclic amines) is 1. The van der Waals surface area contributed by atoms with Gasteiger partial charge in [0.1, 0.15) is 5.76 Å². The normalized spacial score (nSPS) is 24.7. The molecule has 6 rings (SSSR count). The molecule has 4 heterocycles. The van der Waals surface area contributed by atoms with Gasteiger partial charge in [0.25, 0.3) is 11.7 Å². The molecule has 0 radical (unpaired) electrons. The van der Waals surface area contributed by atoms with Crippen molar-refractivity contribution in [3.63, 3.8) is 0 Å². The molecule has 2 aromatic rings. The highest BCUT2D eigenvalue weighted by Gasteiger charge is 2.47. The van der Waals surface area contributed by atoms with E-state index in [1.54, 1.807) is 36.4 Å². The Hall–Kier alpha value is -3.72. The number of hydrogen-bond acceptors (Lipinski definition) is 8. The van der Waals surface area contributed by atoms with Crippen molar-refractivity contribution >= 4 is 17.4 Å². The first-order valence-corrected chi connectivity index (χ1v) is 10.8. The predicted octanol–water partition coefficient (Wildman–Crippen LogP) is 2.74. The van der Waals surface area contributed by atoms with E-state index >= 15 is 0 Å². The summed E-state index contributed by atoms with van der Waals surface area (Å²) >= 11 is 0. The maximum Gasteiger partial charge on any atom is 0.295 e. The molecule has 0 aromatic heterocycles. The van der Waals surface area contributed by atoms with Crippen molar-refractivity contribution in [1.82, 2.24) is 4.90 Å². The van der Waals surface area contributed by atoms with Crippen molar-refractivity contribution in [2.45, 2.75) is 25.0 Å². The van der Waals surface area contributed by atoms with Crippen LogP contribution in [0.5, 0.6) is 23.0 Å². The Labute approximate surface area is 189 Å². The van der Waals surface area contributed by atoms with Crippen molar-refractivity contribution in [2.75, 3.05) is 26.7 Å². The average Bonchev–Trinajstić information content (AvgIpc) is 3.62. The fraction of sp³-hybridized carbons (Fsp3) is 0.333. The number of ketones is 1. The number of benzene rings is 2. The average molecular weight is 451 g/mol. The zero-order chi connectivity index (χ0) is 22.5. The molecular formula is C24H21NO8. The van der Waals surface area contributed by atoms with E-state index in [9.17, 15) is 14.7 Å². The number of hydrogen-bond donors (Lipinski definition) is 1. The number of ether oxygens (including phenoxy) is 5. The summed E-state index contributed by atoms with van der Waals surface area (Å²) in [6.45, 7) is 1.07. The quantitative estimate of drug-likeness (QED) is 0.430. The van der Waals surface area contributed by atoms with Crippen LogP contribution in [0.2, 0.25) is 0 Å². The second-order valence-corrected chi connectivity index (χ2v) is 8.27. The Morgan fingerprint density at radius 2 is 1.64 bits per heavy atom. The minimum Gasteiger partial charge on any atom is -0.507 e. The number of Topliss-reactive ketones (excluding diaryl/α,β-unsaturated/α-hetero) is 1. The minimum atomic E-state index is -0.797. The van der Waals surface area contributed by atoms with Gasteiger partial charge < -0.3 is 33.7 Å². The maximum atomic E-state index is 13.2. The third-order valence-electron chi connectivity index (χ3n) is 6.32. The fourth-order valence-corrected chi connectivity index (χ4v) is 4.71. The Kier molecular flexibility index (Phi) is 4.65. The number of carbonyl (C=O) groups excluding carboxylic acids is 2. The van der Waals surface area contributed by atoms with Crippen LogP contribution in [0.15, 0.2) is 42.0 Å². The highest BCUT2D eigenvalue weighted by molar-refractivity contribution is 6.46. The zero-order valence-electron chi connectivity index (χ0n) is 17.6. The van der Waals surface area contributed by atoms with Crippen molar-refractivity contribution in [2.24, 2.45) is 0 Å². The summed E-state index contributed by atoms with van der Waals surface area (Å²) in [7, 11) is 0. The van der Waals surface area contributed by atoms with E-state index in [0.29, 0.717) is 40.7 Å². The molecule has 9 nitrogen and oxygen atoms in total. The van der Waals surface area contributed by atoms with Gasteiger partial charge in [-0.2, -0.15) is 0 Å². The standard InChI is InChI=1S/C24H21NO8/c26-22(14-4-6-17-19(9-14)33-12-31-17)20-21(13-3-5-16-18(8-13)32-11-30-16)25(24(28)23(20)27)10-15-2-1-7-29-15/h3-6,8-9,15,21,26H,1-2,7,10-12H2. The molecule has 33 heavy (non-hydrogen) atoms. The third-order valence-corrected chi connectivity index (χ3v) is 6.32. The summed E-state index contributed by atoms with van der Waals surface area (Å²) in [4.78, 5) is 27.8. The van der Waals surface area contributed by atoms with E-state index in [-0.39, 0.29) is 37.6 Å². The van der Waals surface area contributed by atoms with Crippen molar-refractivity contribution in [3.8, 4) is 23.0 Å². The van der Waals surface area contributed by atoms with Gasteiger partial charge in [0.2, 0.25) is 13.6 Å². The number of carbonyl (C=O) groups is 2. The smallest absolute Gasteiger partial charge is 0.295 e. The molecule has 4 aliphatic rings. The Morgan fingerprint density at radius 3 is 2.36 bits per heavy atom. The second kappa shape index (κ2) is 7.70. The van der Waals surface area contributed by atoms with Gasteiger partial charge in [0, 0.05) is 18.7 Å². The SMILES string of the molecule is O=C1C(=O)N(CC2CCCO2)C(c2ccc3c(c2)OCO3)C1=C(O)c1ccc2c(c1)OCO2. The number of amides is 1. The molecular weight excluding hydrogens is 430 g/mol. The number of nitrogens with zero attached hydrogens (tertiary/aromatic N) is 1. The van der Waals surface area contributed by atoms with Gasteiger partial charge in [-0.05, 0) is 48.7 Å². The highest BCUT2D eigenvalue weighted by atomic mass is 16.7. The lowest BCUT2D eigenvalue weighted by atomic mass is 9.94. The van der Waals surface area contributed by atoms with Gasteiger partial charge in [-0.3, -0.25) is 9.59 Å². The summed E-state index contributed by atoms with van der Waals surface area (Å²) in [5.41, 5.74) is 1.01. The molecule has 0 saturated carbocycles. The molecule has 4 aliphatic heterocycles. The maximum absolute atomic E-state index is 13.2. The van der Waals surface area contributed by atoms with E-state index in [1.807, 2.05) is 0 Å². The van der Waals surface area contributed by atoms with Crippen LogP contribution in [-0.4, -0.2) is 54.5 Å². The van der Waals surface area contributed by atoms with Crippen molar-refractivity contribution in [1.29, 1.82) is 0 Å². The summed E-state index contributed by atoms with van der Waals surface area (Å²) in [5, 5.41) is 11.2. The van der Waals surface area contributed by atoms with E-state index in [4.69, 9.17) is 23.7 Å². The predicted molar refractivity (Wildman–Crippen MR) is 113 cm³/mol. The van der Waals surface area contributed by atoms with Crippen molar-refractivity contribution < 1.29 is 38.4 Å². The first-order valence-electron chi connectivity index (χ1n) is 10.8. The molecule has 2 atom stereocenters. The van der Waals surface area contributed by atoms with Crippen LogP contribution in [0.25, 0.3) is 5.76 Å². The van der Waals surface area contributed by atoms with Crippen LogP contribution in [0.3, 0.4) is 0 Å². The monoisotopic (exact) mass is 451 g/mol. The van der Waals surface area contributed by atoms with Gasteiger partial charge in [-0.25, -0.2) is 0 Å². The van der Waals surface area contributed by atoms with E-state index < -0.39 is 17.7 Å². The Bertz CT molecular complexity index is 1180. The van der Waals surface area contributed by atoms with Crippen LogP contribution >= 0.6 is 0 Å². The molecule has 1 N–H and O–H groups in total. The molecule has 9 heteroatoms. The molecule has 2 unspecified atom stereocenters. The third kappa shape index (κ3) is 3.27. The molecule has 0 bridgehead atoms. The molecule has 2 fully saturated rings. The summed E-state index contributed by atoms with van der Waals surface area (Å²) in [6, 6.07) is 9.36. The molecule has 0 aliphatic carbocycles. The topological polar surface area (TPSA) is 104 Å². The van der Waals surface area contributed by atoms with Gasteiger partial charge in [-0.1, -0.05) is 6.07 Å². The van der Waals surface area contributed by atoms with Crippen LogP contribution in [-0.2, 0) is 14.3 Å². The van der Waals surface area contributed by atoms with Gasteiger partial charge in [-0.15, -0.1) is 0 Å². The van der Waals surface area contributed by atoms with Crippen LogP contribution in [0, 0.1) is 0 Å². The van der Waals surface area contributed by atoms with E-state index in [2.05, 4.69) is 0 Å². The number of fused-ring (bicyclic) bond motifs is 2. The summed E-state index contributed by atoms with van der Waals surface area (Å²) in [5.74, 6) is 0.444.